The molecule has 372 valence electrons. The van der Waals surface area contributed by atoms with Gasteiger partial charge in [-0.15, -0.1) is 0 Å². The molecule has 0 radical (unpaired) electrons. The largest absolute Gasteiger partial charge is 0.310 e. The summed E-state index contributed by atoms with van der Waals surface area (Å²) in [5.74, 6) is 0. The zero-order chi connectivity index (χ0) is 52.5. The van der Waals surface area contributed by atoms with Crippen LogP contribution in [0.3, 0.4) is 0 Å². The highest BCUT2D eigenvalue weighted by Gasteiger charge is 2.48. The summed E-state index contributed by atoms with van der Waals surface area (Å²) in [5.41, 5.74) is 28.7. The summed E-state index contributed by atoms with van der Waals surface area (Å²) >= 11 is 0. The Morgan fingerprint density at radius 2 is 0.803 bits per heavy atom. The molecule has 3 aliphatic rings. The summed E-state index contributed by atoms with van der Waals surface area (Å²) in [5, 5.41) is 0. The molecule has 76 heavy (non-hydrogen) atoms. The molecule has 0 bridgehead atoms. The highest BCUT2D eigenvalue weighted by Crippen LogP contribution is 2.60. The van der Waals surface area contributed by atoms with Crippen LogP contribution in [0, 0.1) is 0 Å². The molecule has 10 aromatic rings. The van der Waals surface area contributed by atoms with E-state index in [2.05, 4.69) is 299 Å². The summed E-state index contributed by atoms with van der Waals surface area (Å²) < 4.78 is 0. The Balaban J connectivity index is 1.03. The minimum Gasteiger partial charge on any atom is -0.310 e. The quantitative estimate of drug-likeness (QED) is 0.154. The third-order valence-electron chi connectivity index (χ3n) is 17.7. The summed E-state index contributed by atoms with van der Waals surface area (Å²) in [6, 6.07) is 86.0. The van der Waals surface area contributed by atoms with E-state index in [0.29, 0.717) is 0 Å². The molecule has 0 N–H and O–H groups in total. The maximum Gasteiger partial charge on any atom is 0.0714 e. The van der Waals surface area contributed by atoms with Crippen molar-refractivity contribution in [3.63, 3.8) is 0 Å². The number of hydrogen-bond donors (Lipinski definition) is 0. The standard InChI is InChI=1S/C75H67N/c1-71(2,3)51-35-39-53(40-36-51)75(54-41-37-52(38-42-54)72(4,5)6)65-29-16-13-24-62(65)69-66(75)30-19-31-68(69)76(55-43-32-48(33-44-55)49-34-45-60-58-22-11-14-27-63(58)73(7,8)67(60)47-49)56-21-17-20-50(46-56)57-25-18-26-61-59-23-12-15-28-64(59)74(9,10)70(57)61/h11-47H,1-10H3. The molecule has 0 saturated heterocycles. The molecule has 0 unspecified atom stereocenters. The lowest BCUT2D eigenvalue weighted by Gasteiger charge is -2.35. The van der Waals surface area contributed by atoms with Crippen molar-refractivity contribution in [3.05, 3.63) is 280 Å². The second-order valence-electron chi connectivity index (χ2n) is 24.9. The lowest BCUT2D eigenvalue weighted by atomic mass is 9.67. The van der Waals surface area contributed by atoms with Crippen LogP contribution in [0.25, 0.3) is 55.6 Å². The maximum atomic E-state index is 2.54. The van der Waals surface area contributed by atoms with E-state index >= 15 is 0 Å². The third-order valence-corrected chi connectivity index (χ3v) is 17.7. The molecule has 0 fully saturated rings. The van der Waals surface area contributed by atoms with Gasteiger partial charge in [0.05, 0.1) is 11.1 Å². The Hall–Kier alpha value is -8.00. The van der Waals surface area contributed by atoms with Crippen LogP contribution in [-0.2, 0) is 27.1 Å². The first kappa shape index (κ1) is 47.7. The van der Waals surface area contributed by atoms with E-state index in [-0.39, 0.29) is 21.7 Å². The van der Waals surface area contributed by atoms with Crippen LogP contribution in [0.2, 0.25) is 0 Å². The smallest absolute Gasteiger partial charge is 0.0714 e. The lowest BCUT2D eigenvalue weighted by molar-refractivity contribution is 0.588. The van der Waals surface area contributed by atoms with Crippen molar-refractivity contribution in [1.82, 2.24) is 0 Å². The van der Waals surface area contributed by atoms with Gasteiger partial charge < -0.3 is 4.90 Å². The number of hydrogen-bond acceptors (Lipinski definition) is 1. The first-order chi connectivity index (χ1) is 36.5. The molecule has 0 aromatic heterocycles. The predicted molar refractivity (Wildman–Crippen MR) is 322 cm³/mol. The monoisotopic (exact) mass is 982 g/mol. The molecule has 10 aromatic carbocycles. The van der Waals surface area contributed by atoms with Gasteiger partial charge in [0, 0.05) is 27.8 Å². The van der Waals surface area contributed by atoms with Gasteiger partial charge in [0.15, 0.2) is 0 Å². The minimum absolute atomic E-state index is 0.0197. The first-order valence-corrected chi connectivity index (χ1v) is 27.4. The van der Waals surface area contributed by atoms with E-state index in [1.54, 1.807) is 0 Å². The molecule has 1 nitrogen and oxygen atoms in total. The van der Waals surface area contributed by atoms with Crippen LogP contribution in [0.1, 0.15) is 125 Å². The van der Waals surface area contributed by atoms with Crippen LogP contribution in [0.4, 0.5) is 17.1 Å². The molecular weight excluding hydrogens is 915 g/mol. The van der Waals surface area contributed by atoms with E-state index in [1.807, 2.05) is 0 Å². The second-order valence-corrected chi connectivity index (χ2v) is 24.9. The van der Waals surface area contributed by atoms with Crippen LogP contribution in [0.15, 0.2) is 224 Å². The third kappa shape index (κ3) is 7.11. The Morgan fingerprint density at radius 1 is 0.316 bits per heavy atom. The van der Waals surface area contributed by atoms with Gasteiger partial charge in [-0.1, -0.05) is 257 Å². The zero-order valence-corrected chi connectivity index (χ0v) is 45.8. The van der Waals surface area contributed by atoms with E-state index in [1.165, 1.54) is 111 Å². The van der Waals surface area contributed by atoms with Gasteiger partial charge >= 0.3 is 0 Å². The average molecular weight is 982 g/mol. The molecule has 0 atom stereocenters. The average Bonchev–Trinajstić information content (AvgIpc) is 4.20. The van der Waals surface area contributed by atoms with Crippen molar-refractivity contribution in [2.75, 3.05) is 4.90 Å². The van der Waals surface area contributed by atoms with Gasteiger partial charge in [-0.2, -0.15) is 0 Å². The van der Waals surface area contributed by atoms with E-state index in [0.717, 1.165) is 17.1 Å². The number of benzene rings is 10. The highest BCUT2D eigenvalue weighted by molar-refractivity contribution is 5.98. The van der Waals surface area contributed by atoms with Gasteiger partial charge in [-0.25, -0.2) is 0 Å². The van der Waals surface area contributed by atoms with E-state index < -0.39 is 5.41 Å². The summed E-state index contributed by atoms with van der Waals surface area (Å²) in [6.07, 6.45) is 0. The molecule has 0 saturated carbocycles. The molecule has 3 aliphatic carbocycles. The van der Waals surface area contributed by atoms with Crippen LogP contribution < -0.4 is 4.90 Å². The van der Waals surface area contributed by atoms with Gasteiger partial charge in [0.2, 0.25) is 0 Å². The second kappa shape index (κ2) is 17.0. The fourth-order valence-corrected chi connectivity index (χ4v) is 13.7. The number of fused-ring (bicyclic) bond motifs is 9. The number of nitrogens with zero attached hydrogens (tertiary/aromatic N) is 1. The van der Waals surface area contributed by atoms with Crippen molar-refractivity contribution in [2.45, 2.75) is 96.3 Å². The first-order valence-electron chi connectivity index (χ1n) is 27.4. The van der Waals surface area contributed by atoms with Gasteiger partial charge in [0.25, 0.3) is 0 Å². The Morgan fingerprint density at radius 3 is 1.43 bits per heavy atom. The van der Waals surface area contributed by atoms with Crippen molar-refractivity contribution in [2.24, 2.45) is 0 Å². The summed E-state index contributed by atoms with van der Waals surface area (Å²) in [7, 11) is 0. The molecule has 0 aliphatic heterocycles. The Labute approximate surface area is 451 Å². The molecule has 0 spiro atoms. The molecular formula is C75H67N. The van der Waals surface area contributed by atoms with Crippen molar-refractivity contribution >= 4 is 17.1 Å². The van der Waals surface area contributed by atoms with Gasteiger partial charge in [-0.05, 0) is 153 Å². The normalized spacial score (nSPS) is 15.0. The zero-order valence-electron chi connectivity index (χ0n) is 45.8. The number of anilines is 3. The Bertz CT molecular complexity index is 3870. The Kier molecular flexibility index (Phi) is 10.7. The fourth-order valence-electron chi connectivity index (χ4n) is 13.7. The molecule has 13 rings (SSSR count). The predicted octanol–water partition coefficient (Wildman–Crippen LogP) is 20.1. The molecule has 0 amide bonds. The summed E-state index contributed by atoms with van der Waals surface area (Å²) in [4.78, 5) is 2.54. The van der Waals surface area contributed by atoms with E-state index in [9.17, 15) is 0 Å². The molecule has 1 heteroatoms. The summed E-state index contributed by atoms with van der Waals surface area (Å²) in [6.45, 7) is 23.4. The topological polar surface area (TPSA) is 3.24 Å². The lowest BCUT2D eigenvalue weighted by Crippen LogP contribution is -2.29. The highest BCUT2D eigenvalue weighted by atomic mass is 15.1. The van der Waals surface area contributed by atoms with Crippen molar-refractivity contribution in [1.29, 1.82) is 0 Å². The SMILES string of the molecule is CC(C)(C)c1ccc(C2(c3ccc(C(C)(C)C)cc3)c3ccccc3-c3c(N(c4ccc(-c5ccc6c(c5)C(C)(C)c5ccccc5-6)cc4)c4cccc(-c5cccc6c5C(C)(C)c5ccccc5-6)c4)cccc32)cc1. The van der Waals surface area contributed by atoms with Gasteiger partial charge in [0.1, 0.15) is 0 Å². The van der Waals surface area contributed by atoms with Crippen molar-refractivity contribution < 1.29 is 0 Å². The maximum absolute atomic E-state index is 2.54. The minimum atomic E-state index is -0.585. The van der Waals surface area contributed by atoms with E-state index in [4.69, 9.17) is 0 Å². The molecule has 0 heterocycles. The van der Waals surface area contributed by atoms with Crippen LogP contribution in [-0.4, -0.2) is 0 Å². The van der Waals surface area contributed by atoms with Crippen molar-refractivity contribution in [3.8, 4) is 55.6 Å². The van der Waals surface area contributed by atoms with Crippen LogP contribution in [0.5, 0.6) is 0 Å². The van der Waals surface area contributed by atoms with Crippen LogP contribution >= 0.6 is 0 Å². The van der Waals surface area contributed by atoms with Gasteiger partial charge in [-0.3, -0.25) is 0 Å². The fraction of sp³-hybridized carbons (Fsp3) is 0.200. The number of rotatable bonds is 7.